The number of amides is 1. The van der Waals surface area contributed by atoms with Gasteiger partial charge in [0.05, 0.1) is 10.5 Å². The van der Waals surface area contributed by atoms with E-state index in [1.807, 2.05) is 18.2 Å². The largest absolute Gasteiger partial charge is 0.383 e. The molecule has 0 atom stereocenters. The molecule has 2 aromatic rings. The smallest absolute Gasteiger partial charge is 0.270 e. The van der Waals surface area contributed by atoms with Crippen molar-refractivity contribution in [2.45, 2.75) is 24.7 Å². The fourth-order valence-corrected chi connectivity index (χ4v) is 3.35. The second kappa shape index (κ2) is 6.93. The fraction of sp³-hybridized carbons (Fsp3) is 0.316. The minimum atomic E-state index is -0.492. The summed E-state index contributed by atoms with van der Waals surface area (Å²) >= 11 is 0. The average molecular weight is 339 g/mol. The van der Waals surface area contributed by atoms with Crippen LogP contribution >= 0.6 is 0 Å². The van der Waals surface area contributed by atoms with Crippen LogP contribution in [0.2, 0.25) is 0 Å². The Morgan fingerprint density at radius 2 is 1.92 bits per heavy atom. The standard InChI is InChI=1S/C19H21N3O3/c1-20-18(23)16-12-15(22(24)25)8-9-17(16)21-13-19(10-5-11-19)14-6-3-2-4-7-14/h2-4,6-9,12,21H,5,10-11,13H2,1H3,(H,20,23). The van der Waals surface area contributed by atoms with Crippen LogP contribution in [-0.2, 0) is 5.41 Å². The third-order valence-electron chi connectivity index (χ3n) is 5.00. The zero-order chi connectivity index (χ0) is 17.9. The Morgan fingerprint density at radius 1 is 1.20 bits per heavy atom. The fourth-order valence-electron chi connectivity index (χ4n) is 3.35. The number of hydrogen-bond acceptors (Lipinski definition) is 4. The highest BCUT2D eigenvalue weighted by molar-refractivity contribution is 6.00. The number of nitrogens with zero attached hydrogens (tertiary/aromatic N) is 1. The molecule has 1 amide bonds. The molecular weight excluding hydrogens is 318 g/mol. The molecule has 2 aromatic carbocycles. The zero-order valence-corrected chi connectivity index (χ0v) is 14.1. The highest BCUT2D eigenvalue weighted by atomic mass is 16.6. The Hall–Kier alpha value is -2.89. The molecule has 1 aliphatic rings. The van der Waals surface area contributed by atoms with Gasteiger partial charge in [0.2, 0.25) is 0 Å². The second-order valence-electron chi connectivity index (χ2n) is 6.42. The van der Waals surface area contributed by atoms with E-state index >= 15 is 0 Å². The molecule has 6 heteroatoms. The molecule has 0 unspecified atom stereocenters. The van der Waals surface area contributed by atoms with Crippen molar-refractivity contribution in [2.24, 2.45) is 0 Å². The van der Waals surface area contributed by atoms with E-state index in [0.29, 0.717) is 17.8 Å². The molecule has 130 valence electrons. The number of anilines is 1. The summed E-state index contributed by atoms with van der Waals surface area (Å²) < 4.78 is 0. The van der Waals surface area contributed by atoms with Crippen molar-refractivity contribution in [3.8, 4) is 0 Å². The molecule has 1 fully saturated rings. The van der Waals surface area contributed by atoms with Crippen LogP contribution in [0.3, 0.4) is 0 Å². The Balaban J connectivity index is 1.85. The molecule has 0 bridgehead atoms. The predicted octanol–water partition coefficient (Wildman–Crippen LogP) is 3.49. The molecule has 25 heavy (non-hydrogen) atoms. The number of nitro groups is 1. The van der Waals surface area contributed by atoms with E-state index in [1.54, 1.807) is 6.07 Å². The number of hydrogen-bond donors (Lipinski definition) is 2. The summed E-state index contributed by atoms with van der Waals surface area (Å²) in [5, 5.41) is 16.9. The van der Waals surface area contributed by atoms with Gasteiger partial charge >= 0.3 is 0 Å². The Morgan fingerprint density at radius 3 is 2.48 bits per heavy atom. The number of rotatable bonds is 6. The van der Waals surface area contributed by atoms with Crippen molar-refractivity contribution in [3.05, 3.63) is 69.8 Å². The monoisotopic (exact) mass is 339 g/mol. The minimum absolute atomic E-state index is 0.0585. The van der Waals surface area contributed by atoms with Crippen LogP contribution < -0.4 is 10.6 Å². The molecule has 0 saturated heterocycles. The maximum atomic E-state index is 12.1. The number of carbonyl (C=O) groups is 1. The highest BCUT2D eigenvalue weighted by Crippen LogP contribution is 2.43. The van der Waals surface area contributed by atoms with Gasteiger partial charge in [0, 0.05) is 36.8 Å². The van der Waals surface area contributed by atoms with Gasteiger partial charge in [-0.3, -0.25) is 14.9 Å². The van der Waals surface area contributed by atoms with Gasteiger partial charge in [0.25, 0.3) is 11.6 Å². The molecule has 2 N–H and O–H groups in total. The Labute approximate surface area is 146 Å². The molecule has 1 saturated carbocycles. The molecule has 3 rings (SSSR count). The lowest BCUT2D eigenvalue weighted by Gasteiger charge is -2.43. The number of nitro benzene ring substituents is 1. The minimum Gasteiger partial charge on any atom is -0.383 e. The van der Waals surface area contributed by atoms with Gasteiger partial charge in [-0.25, -0.2) is 0 Å². The predicted molar refractivity (Wildman–Crippen MR) is 96.9 cm³/mol. The first-order valence-electron chi connectivity index (χ1n) is 8.36. The third kappa shape index (κ3) is 3.33. The third-order valence-corrected chi connectivity index (χ3v) is 5.00. The molecule has 0 heterocycles. The Bertz CT molecular complexity index is 786. The quantitative estimate of drug-likeness (QED) is 0.623. The molecule has 0 aliphatic heterocycles. The van der Waals surface area contributed by atoms with Gasteiger partial charge in [-0.15, -0.1) is 0 Å². The van der Waals surface area contributed by atoms with Crippen molar-refractivity contribution >= 4 is 17.3 Å². The van der Waals surface area contributed by atoms with Crippen molar-refractivity contribution < 1.29 is 9.72 Å². The van der Waals surface area contributed by atoms with E-state index in [0.717, 1.165) is 12.8 Å². The summed E-state index contributed by atoms with van der Waals surface area (Å²) in [5.74, 6) is -0.339. The van der Waals surface area contributed by atoms with Crippen molar-refractivity contribution in [1.29, 1.82) is 0 Å². The second-order valence-corrected chi connectivity index (χ2v) is 6.42. The number of non-ortho nitro benzene ring substituents is 1. The van der Waals surface area contributed by atoms with Crippen LogP contribution in [0.5, 0.6) is 0 Å². The van der Waals surface area contributed by atoms with Crippen molar-refractivity contribution in [3.63, 3.8) is 0 Å². The first-order valence-corrected chi connectivity index (χ1v) is 8.36. The van der Waals surface area contributed by atoms with Crippen molar-refractivity contribution in [1.82, 2.24) is 5.32 Å². The maximum absolute atomic E-state index is 12.1. The molecule has 6 nitrogen and oxygen atoms in total. The first-order chi connectivity index (χ1) is 12.1. The normalized spacial score (nSPS) is 15.1. The summed E-state index contributed by atoms with van der Waals surface area (Å²) in [6.45, 7) is 0.693. The van der Waals surface area contributed by atoms with Gasteiger partial charge in [-0.2, -0.15) is 0 Å². The SMILES string of the molecule is CNC(=O)c1cc([N+](=O)[O-])ccc1NCC1(c2ccccc2)CCC1. The van der Waals surface area contributed by atoms with Crippen LogP contribution in [0.25, 0.3) is 0 Å². The summed E-state index contributed by atoms with van der Waals surface area (Å²) in [7, 11) is 1.52. The zero-order valence-electron chi connectivity index (χ0n) is 14.1. The van der Waals surface area contributed by atoms with Gasteiger partial charge in [-0.1, -0.05) is 36.8 Å². The maximum Gasteiger partial charge on any atom is 0.270 e. The molecule has 0 spiro atoms. The lowest BCUT2D eigenvalue weighted by atomic mass is 9.64. The number of carbonyl (C=O) groups excluding carboxylic acids is 1. The van der Waals surface area contributed by atoms with E-state index in [-0.39, 0.29) is 17.0 Å². The average Bonchev–Trinajstić information content (AvgIpc) is 2.61. The van der Waals surface area contributed by atoms with Gasteiger partial charge in [0.1, 0.15) is 0 Å². The van der Waals surface area contributed by atoms with Crippen molar-refractivity contribution in [2.75, 3.05) is 18.9 Å². The summed E-state index contributed by atoms with van der Waals surface area (Å²) in [4.78, 5) is 22.6. The first kappa shape index (κ1) is 17.0. The molecule has 0 aromatic heterocycles. The van der Waals surface area contributed by atoms with Crippen LogP contribution in [0.4, 0.5) is 11.4 Å². The van der Waals surface area contributed by atoms with Gasteiger partial charge in [-0.05, 0) is 24.5 Å². The summed E-state index contributed by atoms with van der Waals surface area (Å²) in [6, 6.07) is 14.7. The summed E-state index contributed by atoms with van der Waals surface area (Å²) in [5.41, 5.74) is 2.16. The lowest BCUT2D eigenvalue weighted by molar-refractivity contribution is -0.384. The van der Waals surface area contributed by atoms with Crippen LogP contribution in [0.1, 0.15) is 35.2 Å². The molecule has 0 radical (unpaired) electrons. The van der Waals surface area contributed by atoms with Gasteiger partial charge < -0.3 is 10.6 Å². The lowest BCUT2D eigenvalue weighted by Crippen LogP contribution is -2.41. The van der Waals surface area contributed by atoms with E-state index < -0.39 is 4.92 Å². The molecular formula is C19H21N3O3. The van der Waals surface area contributed by atoms with E-state index in [4.69, 9.17) is 0 Å². The van der Waals surface area contributed by atoms with Crippen LogP contribution in [0, 0.1) is 10.1 Å². The molecule has 1 aliphatic carbocycles. The highest BCUT2D eigenvalue weighted by Gasteiger charge is 2.38. The Kier molecular flexibility index (Phi) is 4.70. The topological polar surface area (TPSA) is 84.3 Å². The summed E-state index contributed by atoms with van der Waals surface area (Å²) in [6.07, 6.45) is 3.36. The van der Waals surface area contributed by atoms with Gasteiger partial charge in [0.15, 0.2) is 0 Å². The van der Waals surface area contributed by atoms with Crippen LogP contribution in [0.15, 0.2) is 48.5 Å². The van der Waals surface area contributed by atoms with E-state index in [2.05, 4.69) is 22.8 Å². The number of nitrogens with one attached hydrogen (secondary N) is 2. The van der Waals surface area contributed by atoms with E-state index in [1.165, 1.54) is 31.2 Å². The van der Waals surface area contributed by atoms with Crippen LogP contribution in [-0.4, -0.2) is 24.4 Å². The number of benzene rings is 2. The van der Waals surface area contributed by atoms with E-state index in [9.17, 15) is 14.9 Å².